The number of hydrogen-bond donors (Lipinski definition) is 2. The first-order valence-electron chi connectivity index (χ1n) is 9.91. The van der Waals surface area contributed by atoms with Crippen molar-refractivity contribution in [1.82, 2.24) is 14.9 Å². The molecule has 0 aliphatic carbocycles. The zero-order valence-corrected chi connectivity index (χ0v) is 18.1. The van der Waals surface area contributed by atoms with E-state index in [0.717, 1.165) is 30.7 Å². The van der Waals surface area contributed by atoms with Crippen LogP contribution >= 0.6 is 11.3 Å². The molecule has 0 saturated carbocycles. The van der Waals surface area contributed by atoms with E-state index in [1.165, 1.54) is 4.88 Å². The van der Waals surface area contributed by atoms with Crippen molar-refractivity contribution in [1.29, 1.82) is 0 Å². The lowest BCUT2D eigenvalue weighted by Gasteiger charge is -2.38. The van der Waals surface area contributed by atoms with E-state index < -0.39 is 12.1 Å². The van der Waals surface area contributed by atoms with Gasteiger partial charge in [-0.1, -0.05) is 0 Å². The summed E-state index contributed by atoms with van der Waals surface area (Å²) in [6, 6.07) is 6.01. The molecule has 2 aliphatic heterocycles. The van der Waals surface area contributed by atoms with Gasteiger partial charge in [-0.15, -0.1) is 11.3 Å². The number of aromatic nitrogens is 2. The highest BCUT2D eigenvalue weighted by molar-refractivity contribution is 7.13. The molecule has 2 atom stereocenters. The summed E-state index contributed by atoms with van der Waals surface area (Å²) in [5.74, 6) is -1.97. The predicted molar refractivity (Wildman–Crippen MR) is 111 cm³/mol. The number of carbonyl (C=O) groups is 2. The Balaban J connectivity index is 0.000000360. The number of anilines is 1. The summed E-state index contributed by atoms with van der Waals surface area (Å²) in [6.45, 7) is 4.14. The van der Waals surface area contributed by atoms with Gasteiger partial charge in [0.25, 0.3) is 5.91 Å². The summed E-state index contributed by atoms with van der Waals surface area (Å²) < 4.78 is 37.9. The van der Waals surface area contributed by atoms with Crippen LogP contribution < -0.4 is 5.32 Å². The van der Waals surface area contributed by atoms with Crippen molar-refractivity contribution < 1.29 is 32.6 Å². The molecule has 1 spiro atoms. The Morgan fingerprint density at radius 2 is 2.00 bits per heavy atom. The van der Waals surface area contributed by atoms with Gasteiger partial charge in [0.05, 0.1) is 17.0 Å². The van der Waals surface area contributed by atoms with Gasteiger partial charge in [-0.05, 0) is 44.4 Å². The molecule has 2 N–H and O–H groups in total. The van der Waals surface area contributed by atoms with Gasteiger partial charge in [0, 0.05) is 36.5 Å². The second-order valence-electron chi connectivity index (χ2n) is 7.63. The highest BCUT2D eigenvalue weighted by atomic mass is 32.1. The van der Waals surface area contributed by atoms with Gasteiger partial charge in [0.15, 0.2) is 0 Å². The minimum atomic E-state index is -5.08. The maximum Gasteiger partial charge on any atom is 0.490 e. The first-order valence-corrected chi connectivity index (χ1v) is 10.7. The van der Waals surface area contributed by atoms with Crippen molar-refractivity contribution in [2.24, 2.45) is 0 Å². The van der Waals surface area contributed by atoms with E-state index in [0.29, 0.717) is 19.1 Å². The van der Waals surface area contributed by atoms with Crippen LogP contribution in [0.2, 0.25) is 0 Å². The van der Waals surface area contributed by atoms with Crippen LogP contribution in [0, 0.1) is 6.92 Å². The van der Waals surface area contributed by atoms with E-state index >= 15 is 0 Å². The number of nitrogens with zero attached hydrogens (tertiary/aromatic N) is 3. The second kappa shape index (κ2) is 9.82. The highest BCUT2D eigenvalue weighted by Crippen LogP contribution is 2.36. The molecule has 0 bridgehead atoms. The average Bonchev–Trinajstić information content (AvgIpc) is 3.35. The third kappa shape index (κ3) is 6.16. The summed E-state index contributed by atoms with van der Waals surface area (Å²) in [4.78, 5) is 34.0. The summed E-state index contributed by atoms with van der Waals surface area (Å²) in [7, 11) is 0. The molecular formula is C20H23F3N4O4S. The maximum absolute atomic E-state index is 12.7. The van der Waals surface area contributed by atoms with Crippen molar-refractivity contribution in [3.63, 3.8) is 0 Å². The molecule has 2 aliphatic rings. The lowest BCUT2D eigenvalue weighted by Crippen LogP contribution is -2.47. The number of thiophene rings is 1. The Bertz CT molecular complexity index is 940. The summed E-state index contributed by atoms with van der Waals surface area (Å²) >= 11 is 1.56. The van der Waals surface area contributed by atoms with Crippen LogP contribution in [0.25, 0.3) is 0 Å². The van der Waals surface area contributed by atoms with Gasteiger partial charge >= 0.3 is 12.1 Å². The molecule has 4 heterocycles. The van der Waals surface area contributed by atoms with Crippen LogP contribution in [-0.2, 0) is 9.53 Å². The number of halogens is 3. The number of nitrogens with one attached hydrogen (secondary N) is 1. The van der Waals surface area contributed by atoms with Crippen molar-refractivity contribution in [3.8, 4) is 0 Å². The van der Waals surface area contributed by atoms with Crippen LogP contribution in [0.4, 0.5) is 19.1 Å². The molecule has 4 rings (SSSR count). The summed E-state index contributed by atoms with van der Waals surface area (Å²) in [5, 5.41) is 10.5. The molecule has 12 heteroatoms. The fourth-order valence-electron chi connectivity index (χ4n) is 3.71. The quantitative estimate of drug-likeness (QED) is 0.706. The molecule has 174 valence electrons. The van der Waals surface area contributed by atoms with Crippen LogP contribution in [0.3, 0.4) is 0 Å². The molecule has 2 fully saturated rings. The van der Waals surface area contributed by atoms with E-state index in [4.69, 9.17) is 14.6 Å². The second-order valence-corrected chi connectivity index (χ2v) is 8.92. The Labute approximate surface area is 186 Å². The topological polar surface area (TPSA) is 105 Å². The molecule has 2 aromatic heterocycles. The van der Waals surface area contributed by atoms with E-state index in [2.05, 4.69) is 15.3 Å². The number of ether oxygens (including phenoxy) is 1. The Morgan fingerprint density at radius 1 is 1.31 bits per heavy atom. The standard InChI is InChI=1S/C18H22N4O2S.C2HF3O2/c1-13-3-4-15(25-13)16(23)22-9-6-18(12-22)11-14(5-10-24-18)21-17-19-7-2-8-20-17;3-2(4,5)1(6)7/h2-4,7-8,14H,5-6,9-12H2,1H3,(H,19,20,21);(H,6,7)/t14-,18+;/m0./s1. The van der Waals surface area contributed by atoms with Gasteiger partial charge in [0.1, 0.15) is 0 Å². The number of rotatable bonds is 3. The number of carboxylic acid groups (broad SMARTS) is 1. The molecule has 0 unspecified atom stereocenters. The first-order chi connectivity index (χ1) is 15.1. The van der Waals surface area contributed by atoms with Gasteiger partial charge < -0.3 is 20.1 Å². The SMILES string of the molecule is Cc1ccc(C(=O)N2CC[C@@]3(C[C@@H](Nc4ncccn4)CCO3)C2)s1.O=C(O)C(F)(F)F. The smallest absolute Gasteiger partial charge is 0.475 e. The van der Waals surface area contributed by atoms with Crippen molar-refractivity contribution in [2.45, 2.75) is 44.0 Å². The molecular weight excluding hydrogens is 449 g/mol. The molecule has 32 heavy (non-hydrogen) atoms. The Hall–Kier alpha value is -2.73. The van der Waals surface area contributed by atoms with E-state index in [-0.39, 0.29) is 17.6 Å². The zero-order chi connectivity index (χ0) is 23.4. The normalized spacial score (nSPS) is 22.9. The zero-order valence-electron chi connectivity index (χ0n) is 17.3. The lowest BCUT2D eigenvalue weighted by atomic mass is 9.89. The lowest BCUT2D eigenvalue weighted by molar-refractivity contribution is -0.192. The summed E-state index contributed by atoms with van der Waals surface area (Å²) in [5.41, 5.74) is -0.243. The number of amides is 1. The fourth-order valence-corrected chi connectivity index (χ4v) is 4.55. The Morgan fingerprint density at radius 3 is 2.59 bits per heavy atom. The highest BCUT2D eigenvalue weighted by Gasteiger charge is 2.45. The third-order valence-electron chi connectivity index (χ3n) is 5.19. The monoisotopic (exact) mass is 472 g/mol. The number of likely N-dealkylation sites (tertiary alicyclic amines) is 1. The van der Waals surface area contributed by atoms with E-state index in [9.17, 15) is 18.0 Å². The number of alkyl halides is 3. The van der Waals surface area contributed by atoms with Crippen molar-refractivity contribution in [2.75, 3.05) is 25.0 Å². The van der Waals surface area contributed by atoms with Crippen molar-refractivity contribution in [3.05, 3.63) is 40.3 Å². The summed E-state index contributed by atoms with van der Waals surface area (Å²) in [6.07, 6.45) is 1.08. The molecule has 2 aromatic rings. The maximum atomic E-state index is 12.7. The van der Waals surface area contributed by atoms with Gasteiger partial charge in [-0.25, -0.2) is 14.8 Å². The number of carboxylic acids is 1. The van der Waals surface area contributed by atoms with Gasteiger partial charge in [0.2, 0.25) is 5.95 Å². The molecule has 1 amide bonds. The minimum absolute atomic E-state index is 0.125. The molecule has 0 aromatic carbocycles. The molecule has 2 saturated heterocycles. The largest absolute Gasteiger partial charge is 0.490 e. The van der Waals surface area contributed by atoms with Crippen LogP contribution in [-0.4, -0.2) is 69.4 Å². The number of aliphatic carboxylic acids is 1. The van der Waals surface area contributed by atoms with Gasteiger partial charge in [-0.2, -0.15) is 13.2 Å². The average molecular weight is 472 g/mol. The van der Waals surface area contributed by atoms with Crippen LogP contribution in [0.1, 0.15) is 33.8 Å². The first kappa shape index (κ1) is 23.9. The van der Waals surface area contributed by atoms with E-state index in [1.54, 1.807) is 23.7 Å². The van der Waals surface area contributed by atoms with Crippen LogP contribution in [0.5, 0.6) is 0 Å². The van der Waals surface area contributed by atoms with Gasteiger partial charge in [-0.3, -0.25) is 4.79 Å². The number of aryl methyl sites for hydroxylation is 1. The minimum Gasteiger partial charge on any atom is -0.475 e. The molecule has 0 radical (unpaired) electrons. The van der Waals surface area contributed by atoms with Crippen molar-refractivity contribution >= 4 is 29.2 Å². The number of hydrogen-bond acceptors (Lipinski definition) is 7. The predicted octanol–water partition coefficient (Wildman–Crippen LogP) is 3.36. The Kier molecular flexibility index (Phi) is 7.34. The number of carbonyl (C=O) groups excluding carboxylic acids is 1. The van der Waals surface area contributed by atoms with E-state index in [1.807, 2.05) is 30.0 Å². The molecule has 8 nitrogen and oxygen atoms in total. The fraction of sp³-hybridized carbons (Fsp3) is 0.500. The van der Waals surface area contributed by atoms with Crippen LogP contribution in [0.15, 0.2) is 30.6 Å². The third-order valence-corrected chi connectivity index (χ3v) is 6.18.